The number of benzene rings is 1. The van der Waals surface area contributed by atoms with Crippen LogP contribution in [0.3, 0.4) is 0 Å². The largest absolute Gasteiger partial charge is 0.396 e. The summed E-state index contributed by atoms with van der Waals surface area (Å²) in [4.78, 5) is 2.47. The van der Waals surface area contributed by atoms with Gasteiger partial charge in [0.25, 0.3) is 0 Å². The number of nitrogens with zero attached hydrogens (tertiary/aromatic N) is 1. The van der Waals surface area contributed by atoms with E-state index in [9.17, 15) is 0 Å². The van der Waals surface area contributed by atoms with Crippen molar-refractivity contribution in [3.63, 3.8) is 0 Å². The Bertz CT molecular complexity index is 330. The van der Waals surface area contributed by atoms with Crippen LogP contribution in [0.25, 0.3) is 0 Å². The van der Waals surface area contributed by atoms with E-state index in [4.69, 9.17) is 5.11 Å². The van der Waals surface area contributed by atoms with Crippen molar-refractivity contribution >= 4 is 0 Å². The van der Waals surface area contributed by atoms with E-state index < -0.39 is 0 Å². The Labute approximate surface area is 110 Å². The van der Waals surface area contributed by atoms with Crippen LogP contribution in [0.1, 0.15) is 18.9 Å². The molecule has 1 aromatic carbocycles. The molecule has 1 heterocycles. The molecule has 1 saturated heterocycles. The number of likely N-dealkylation sites (tertiary alicyclic amines) is 1. The maximum Gasteiger partial charge on any atom is 0.0445 e. The van der Waals surface area contributed by atoms with Crippen molar-refractivity contribution in [3.8, 4) is 0 Å². The standard InChI is InChI=1S/C15H24N2O/c1-2-16-15(8-9-18)14-11-17(12-14)10-13-6-4-3-5-7-13/h3-7,14-16,18H,2,8-12H2,1H3. The summed E-state index contributed by atoms with van der Waals surface area (Å²) in [6.07, 6.45) is 0.873. The first-order chi connectivity index (χ1) is 8.83. The molecule has 2 N–H and O–H groups in total. The van der Waals surface area contributed by atoms with Crippen molar-refractivity contribution in [3.05, 3.63) is 35.9 Å². The average Bonchev–Trinajstić information content (AvgIpc) is 2.34. The highest BCUT2D eigenvalue weighted by Gasteiger charge is 2.32. The van der Waals surface area contributed by atoms with E-state index in [0.29, 0.717) is 12.0 Å². The first kappa shape index (κ1) is 13.5. The van der Waals surface area contributed by atoms with Gasteiger partial charge in [0, 0.05) is 32.3 Å². The molecular weight excluding hydrogens is 224 g/mol. The molecule has 0 radical (unpaired) electrons. The highest BCUT2D eigenvalue weighted by molar-refractivity contribution is 5.15. The van der Waals surface area contributed by atoms with Gasteiger partial charge in [0.2, 0.25) is 0 Å². The predicted octanol–water partition coefficient (Wildman–Crippen LogP) is 1.48. The zero-order valence-electron chi connectivity index (χ0n) is 11.2. The van der Waals surface area contributed by atoms with Crippen molar-refractivity contribution in [2.75, 3.05) is 26.2 Å². The Morgan fingerprint density at radius 3 is 2.67 bits per heavy atom. The van der Waals surface area contributed by atoms with E-state index in [1.165, 1.54) is 5.56 Å². The van der Waals surface area contributed by atoms with Gasteiger partial charge in [-0.05, 0) is 24.4 Å². The summed E-state index contributed by atoms with van der Waals surface area (Å²) in [5.41, 5.74) is 1.39. The molecule has 18 heavy (non-hydrogen) atoms. The number of hydrogen-bond donors (Lipinski definition) is 2. The summed E-state index contributed by atoms with van der Waals surface area (Å²) < 4.78 is 0. The lowest BCUT2D eigenvalue weighted by Crippen LogP contribution is -2.55. The lowest BCUT2D eigenvalue weighted by atomic mass is 9.89. The highest BCUT2D eigenvalue weighted by atomic mass is 16.3. The molecule has 1 aliphatic heterocycles. The van der Waals surface area contributed by atoms with Crippen molar-refractivity contribution in [1.82, 2.24) is 10.2 Å². The maximum absolute atomic E-state index is 9.08. The van der Waals surface area contributed by atoms with Crippen LogP contribution in [0.4, 0.5) is 0 Å². The van der Waals surface area contributed by atoms with Crippen LogP contribution in [-0.2, 0) is 6.54 Å². The first-order valence-electron chi connectivity index (χ1n) is 6.94. The minimum absolute atomic E-state index is 0.285. The van der Waals surface area contributed by atoms with Crippen LogP contribution >= 0.6 is 0 Å². The van der Waals surface area contributed by atoms with Crippen molar-refractivity contribution in [1.29, 1.82) is 0 Å². The minimum atomic E-state index is 0.285. The van der Waals surface area contributed by atoms with Crippen LogP contribution in [0.2, 0.25) is 0 Å². The summed E-state index contributed by atoms with van der Waals surface area (Å²) in [6, 6.07) is 11.1. The summed E-state index contributed by atoms with van der Waals surface area (Å²) in [7, 11) is 0. The zero-order valence-corrected chi connectivity index (χ0v) is 11.2. The van der Waals surface area contributed by atoms with Gasteiger partial charge in [-0.2, -0.15) is 0 Å². The smallest absolute Gasteiger partial charge is 0.0445 e. The van der Waals surface area contributed by atoms with Gasteiger partial charge in [-0.3, -0.25) is 4.90 Å². The fourth-order valence-corrected chi connectivity index (χ4v) is 2.74. The molecule has 1 unspecified atom stereocenters. The van der Waals surface area contributed by atoms with Crippen LogP contribution in [-0.4, -0.2) is 42.3 Å². The van der Waals surface area contributed by atoms with Crippen molar-refractivity contribution < 1.29 is 5.11 Å². The van der Waals surface area contributed by atoms with E-state index >= 15 is 0 Å². The molecular formula is C15H24N2O. The SMILES string of the molecule is CCNC(CCO)C1CN(Cc2ccccc2)C1. The number of nitrogens with one attached hydrogen (secondary N) is 1. The van der Waals surface area contributed by atoms with E-state index in [0.717, 1.165) is 32.6 Å². The Morgan fingerprint density at radius 1 is 1.33 bits per heavy atom. The van der Waals surface area contributed by atoms with Gasteiger partial charge in [-0.15, -0.1) is 0 Å². The first-order valence-corrected chi connectivity index (χ1v) is 6.94. The summed E-state index contributed by atoms with van der Waals surface area (Å²) in [6.45, 7) is 6.74. The Hall–Kier alpha value is -0.900. The Balaban J connectivity index is 1.75. The number of aliphatic hydroxyl groups is 1. The molecule has 3 heteroatoms. The van der Waals surface area contributed by atoms with Gasteiger partial charge >= 0.3 is 0 Å². The zero-order chi connectivity index (χ0) is 12.8. The summed E-state index contributed by atoms with van der Waals surface area (Å²) in [5, 5.41) is 12.6. The third-order valence-electron chi connectivity index (χ3n) is 3.71. The van der Waals surface area contributed by atoms with Crippen molar-refractivity contribution in [2.24, 2.45) is 5.92 Å². The molecule has 100 valence electrons. The van der Waals surface area contributed by atoms with Crippen molar-refractivity contribution in [2.45, 2.75) is 25.9 Å². The molecule has 0 amide bonds. The third-order valence-corrected chi connectivity index (χ3v) is 3.71. The molecule has 1 atom stereocenters. The Kier molecular flexibility index (Phi) is 5.17. The van der Waals surface area contributed by atoms with Crippen LogP contribution in [0.15, 0.2) is 30.3 Å². The van der Waals surface area contributed by atoms with E-state index in [1.807, 2.05) is 0 Å². The second kappa shape index (κ2) is 6.88. The van der Waals surface area contributed by atoms with Crippen LogP contribution in [0, 0.1) is 5.92 Å². The molecule has 0 bridgehead atoms. The van der Waals surface area contributed by atoms with Crippen LogP contribution < -0.4 is 5.32 Å². The highest BCUT2D eigenvalue weighted by Crippen LogP contribution is 2.23. The molecule has 0 aliphatic carbocycles. The normalized spacial score (nSPS) is 18.6. The minimum Gasteiger partial charge on any atom is -0.396 e. The third kappa shape index (κ3) is 3.55. The molecule has 3 nitrogen and oxygen atoms in total. The molecule has 0 aromatic heterocycles. The number of rotatable bonds is 7. The molecule has 1 fully saturated rings. The predicted molar refractivity (Wildman–Crippen MR) is 74.4 cm³/mol. The van der Waals surface area contributed by atoms with Gasteiger partial charge in [0.1, 0.15) is 0 Å². The maximum atomic E-state index is 9.08. The fourth-order valence-electron chi connectivity index (χ4n) is 2.74. The summed E-state index contributed by atoms with van der Waals surface area (Å²) >= 11 is 0. The number of aliphatic hydroxyl groups excluding tert-OH is 1. The van der Waals surface area contributed by atoms with Gasteiger partial charge in [-0.1, -0.05) is 37.3 Å². The lowest BCUT2D eigenvalue weighted by Gasteiger charge is -2.43. The fraction of sp³-hybridized carbons (Fsp3) is 0.600. The van der Waals surface area contributed by atoms with E-state index in [2.05, 4.69) is 47.5 Å². The summed E-state index contributed by atoms with van der Waals surface area (Å²) in [5.74, 6) is 0.695. The van der Waals surface area contributed by atoms with E-state index in [1.54, 1.807) is 0 Å². The monoisotopic (exact) mass is 248 g/mol. The van der Waals surface area contributed by atoms with Crippen LogP contribution in [0.5, 0.6) is 0 Å². The molecule has 1 aliphatic rings. The Morgan fingerprint density at radius 2 is 2.06 bits per heavy atom. The van der Waals surface area contributed by atoms with Gasteiger partial charge in [0.05, 0.1) is 0 Å². The van der Waals surface area contributed by atoms with E-state index in [-0.39, 0.29) is 6.61 Å². The van der Waals surface area contributed by atoms with Gasteiger partial charge < -0.3 is 10.4 Å². The molecule has 1 aromatic rings. The second-order valence-electron chi connectivity index (χ2n) is 5.12. The van der Waals surface area contributed by atoms with Gasteiger partial charge in [0.15, 0.2) is 0 Å². The molecule has 0 spiro atoms. The average molecular weight is 248 g/mol. The molecule has 0 saturated carbocycles. The number of hydrogen-bond acceptors (Lipinski definition) is 3. The second-order valence-corrected chi connectivity index (χ2v) is 5.12. The van der Waals surface area contributed by atoms with Gasteiger partial charge in [-0.25, -0.2) is 0 Å². The quantitative estimate of drug-likeness (QED) is 0.767. The topological polar surface area (TPSA) is 35.5 Å². The molecule has 2 rings (SSSR count). The lowest BCUT2D eigenvalue weighted by molar-refractivity contribution is 0.0567.